The molecule has 0 atom stereocenters. The minimum absolute atomic E-state index is 0.319. The number of amides is 1. The number of primary amides is 1. The van der Waals surface area contributed by atoms with Crippen LogP contribution in [0.3, 0.4) is 0 Å². The monoisotopic (exact) mass is 510 g/mol. The van der Waals surface area contributed by atoms with Gasteiger partial charge in [0.1, 0.15) is 5.75 Å². The molecule has 0 bridgehead atoms. The maximum Gasteiger partial charge on any atom is 0.282 e. The first-order valence-corrected chi connectivity index (χ1v) is 10.6. The summed E-state index contributed by atoms with van der Waals surface area (Å²) < 4.78 is 7.25. The van der Waals surface area contributed by atoms with Crippen LogP contribution in [-0.2, 0) is 4.79 Å². The normalized spacial score (nSPS) is 11.2. The molecule has 0 fully saturated rings. The molecule has 3 aromatic carbocycles. The van der Waals surface area contributed by atoms with Crippen molar-refractivity contribution in [3.63, 3.8) is 0 Å². The highest BCUT2D eigenvalue weighted by Gasteiger charge is 2.14. The lowest BCUT2D eigenvalue weighted by Gasteiger charge is -2.12. The second-order valence-corrected chi connectivity index (χ2v) is 8.03. The van der Waals surface area contributed by atoms with Crippen molar-refractivity contribution in [2.75, 3.05) is 6.61 Å². The molecule has 4 aromatic rings. The molecule has 0 saturated heterocycles. The predicted molar refractivity (Wildman–Crippen MR) is 128 cm³/mol. The van der Waals surface area contributed by atoms with Crippen LogP contribution < -0.4 is 16.0 Å². The number of halogens is 2. The molecule has 1 heterocycles. The number of carbonyl (C=O) groups excluding carboxylic acids is 1. The summed E-state index contributed by atoms with van der Waals surface area (Å²) in [6.45, 7) is -0.326. The molecule has 0 aliphatic carbocycles. The summed E-state index contributed by atoms with van der Waals surface area (Å²) in [6, 6.07) is 19.6. The van der Waals surface area contributed by atoms with Crippen LogP contribution in [0.4, 0.5) is 0 Å². The van der Waals surface area contributed by atoms with E-state index in [2.05, 4.69) is 26.0 Å². The Bertz CT molecular complexity index is 1400. The second-order valence-electron chi connectivity index (χ2n) is 6.74. The van der Waals surface area contributed by atoms with Crippen LogP contribution in [0.2, 0.25) is 5.02 Å². The molecule has 2 N–H and O–H groups in total. The lowest BCUT2D eigenvalue weighted by molar-refractivity contribution is -0.119. The molecule has 7 nitrogen and oxygen atoms in total. The lowest BCUT2D eigenvalue weighted by atomic mass is 10.2. The summed E-state index contributed by atoms with van der Waals surface area (Å²) >= 11 is 9.55. The third-order valence-corrected chi connectivity index (χ3v) is 5.30. The number of rotatable bonds is 6. The summed E-state index contributed by atoms with van der Waals surface area (Å²) in [4.78, 5) is 29.1. The smallest absolute Gasteiger partial charge is 0.282 e. The van der Waals surface area contributed by atoms with Crippen LogP contribution in [0, 0.1) is 0 Å². The number of para-hydroxylation sites is 1. The van der Waals surface area contributed by atoms with Gasteiger partial charge in [0.2, 0.25) is 0 Å². The van der Waals surface area contributed by atoms with Gasteiger partial charge >= 0.3 is 0 Å². The average Bonchev–Trinajstić information content (AvgIpc) is 2.78. The molecular weight excluding hydrogens is 496 g/mol. The molecule has 32 heavy (non-hydrogen) atoms. The number of aromatic nitrogens is 2. The van der Waals surface area contributed by atoms with Crippen LogP contribution in [0.5, 0.6) is 5.75 Å². The Morgan fingerprint density at radius 3 is 2.62 bits per heavy atom. The van der Waals surface area contributed by atoms with E-state index in [0.29, 0.717) is 37.5 Å². The van der Waals surface area contributed by atoms with Crippen molar-refractivity contribution in [1.82, 2.24) is 9.66 Å². The fourth-order valence-electron chi connectivity index (χ4n) is 3.10. The first-order valence-electron chi connectivity index (χ1n) is 9.46. The zero-order chi connectivity index (χ0) is 22.7. The zero-order valence-corrected chi connectivity index (χ0v) is 18.9. The molecule has 160 valence electrons. The van der Waals surface area contributed by atoms with Crippen molar-refractivity contribution in [3.05, 3.63) is 92.1 Å². The van der Waals surface area contributed by atoms with E-state index in [1.54, 1.807) is 30.3 Å². The Hall–Kier alpha value is -3.49. The van der Waals surface area contributed by atoms with Crippen molar-refractivity contribution in [3.8, 4) is 17.1 Å². The summed E-state index contributed by atoms with van der Waals surface area (Å²) in [5.41, 5.74) is 6.62. The van der Waals surface area contributed by atoms with E-state index >= 15 is 0 Å². The number of nitrogens with zero attached hydrogens (tertiary/aromatic N) is 3. The maximum atomic E-state index is 13.3. The van der Waals surface area contributed by atoms with Crippen molar-refractivity contribution < 1.29 is 9.53 Å². The van der Waals surface area contributed by atoms with Crippen molar-refractivity contribution >= 4 is 50.6 Å². The van der Waals surface area contributed by atoms with Gasteiger partial charge in [-0.1, -0.05) is 54.1 Å². The molecule has 9 heteroatoms. The van der Waals surface area contributed by atoms with E-state index < -0.39 is 5.91 Å². The molecule has 1 amide bonds. The zero-order valence-electron chi connectivity index (χ0n) is 16.5. The van der Waals surface area contributed by atoms with E-state index in [0.717, 1.165) is 5.56 Å². The Morgan fingerprint density at radius 1 is 1.16 bits per heavy atom. The minimum Gasteiger partial charge on any atom is -0.482 e. The second kappa shape index (κ2) is 9.33. The van der Waals surface area contributed by atoms with Crippen LogP contribution >= 0.6 is 27.5 Å². The van der Waals surface area contributed by atoms with Gasteiger partial charge in [0.05, 0.1) is 21.6 Å². The first kappa shape index (κ1) is 21.7. The number of ether oxygens (including phenoxy) is 1. The predicted octanol–water partition coefficient (Wildman–Crippen LogP) is 4.23. The fraction of sp³-hybridized carbons (Fsp3) is 0.0435. The standard InChI is InChI=1S/C23H16BrClN4O3/c24-18-11-16(25)10-15(21(18)32-13-20(26)30)12-27-29-22(14-6-2-1-3-7-14)28-19-9-5-4-8-17(19)23(29)31/h1-12H,13H2,(H2,26,30). The third-order valence-electron chi connectivity index (χ3n) is 4.49. The summed E-state index contributed by atoms with van der Waals surface area (Å²) in [6.07, 6.45) is 1.43. The van der Waals surface area contributed by atoms with Gasteiger partial charge < -0.3 is 10.5 Å². The van der Waals surface area contributed by atoms with Crippen LogP contribution in [0.25, 0.3) is 22.3 Å². The number of carbonyl (C=O) groups is 1. The molecule has 0 unspecified atom stereocenters. The summed E-state index contributed by atoms with van der Waals surface area (Å²) in [5, 5.41) is 5.26. The SMILES string of the molecule is NC(=O)COc1c(Br)cc(Cl)cc1C=Nn1c(-c2ccccc2)nc2ccccc2c1=O. The van der Waals surface area contributed by atoms with Gasteiger partial charge in [-0.25, -0.2) is 4.98 Å². The highest BCUT2D eigenvalue weighted by atomic mass is 79.9. The first-order chi connectivity index (χ1) is 15.4. The average molecular weight is 512 g/mol. The van der Waals surface area contributed by atoms with Gasteiger partial charge in [0, 0.05) is 16.1 Å². The third kappa shape index (κ3) is 4.56. The minimum atomic E-state index is -0.629. The van der Waals surface area contributed by atoms with E-state index in [4.69, 9.17) is 22.1 Å². The molecule has 1 aromatic heterocycles. The van der Waals surface area contributed by atoms with Gasteiger partial charge in [0.15, 0.2) is 12.4 Å². The highest BCUT2D eigenvalue weighted by Crippen LogP contribution is 2.32. The molecule has 0 saturated carbocycles. The molecule has 0 radical (unpaired) electrons. The van der Waals surface area contributed by atoms with Gasteiger partial charge in [-0.05, 0) is 40.2 Å². The van der Waals surface area contributed by atoms with Crippen molar-refractivity contribution in [2.24, 2.45) is 10.8 Å². The number of nitrogens with two attached hydrogens (primary N) is 1. The topological polar surface area (TPSA) is 99.6 Å². The Balaban J connectivity index is 1.89. The molecular formula is C23H16BrClN4O3. The van der Waals surface area contributed by atoms with Crippen LogP contribution in [-0.4, -0.2) is 28.4 Å². The van der Waals surface area contributed by atoms with E-state index in [1.165, 1.54) is 10.9 Å². The Kier molecular flexibility index (Phi) is 6.34. The van der Waals surface area contributed by atoms with Crippen LogP contribution in [0.15, 0.2) is 81.1 Å². The van der Waals surface area contributed by atoms with Gasteiger partial charge in [0.25, 0.3) is 11.5 Å². The van der Waals surface area contributed by atoms with Gasteiger partial charge in [-0.2, -0.15) is 9.78 Å². The van der Waals surface area contributed by atoms with Gasteiger partial charge in [-0.15, -0.1) is 0 Å². The van der Waals surface area contributed by atoms with E-state index in [-0.39, 0.29) is 12.2 Å². The maximum absolute atomic E-state index is 13.3. The number of fused-ring (bicyclic) bond motifs is 1. The lowest BCUT2D eigenvalue weighted by Crippen LogP contribution is -2.21. The number of hydrogen-bond acceptors (Lipinski definition) is 5. The molecule has 0 aliphatic rings. The Labute approximate surface area is 196 Å². The number of hydrogen-bond donors (Lipinski definition) is 1. The molecule has 0 spiro atoms. The highest BCUT2D eigenvalue weighted by molar-refractivity contribution is 9.10. The van der Waals surface area contributed by atoms with Crippen molar-refractivity contribution in [1.29, 1.82) is 0 Å². The number of benzene rings is 3. The largest absolute Gasteiger partial charge is 0.482 e. The van der Waals surface area contributed by atoms with E-state index in [9.17, 15) is 9.59 Å². The summed E-state index contributed by atoms with van der Waals surface area (Å²) in [5.74, 6) is 0.0716. The summed E-state index contributed by atoms with van der Waals surface area (Å²) in [7, 11) is 0. The van der Waals surface area contributed by atoms with Crippen molar-refractivity contribution in [2.45, 2.75) is 0 Å². The molecule has 0 aliphatic heterocycles. The Morgan fingerprint density at radius 2 is 1.88 bits per heavy atom. The molecule has 4 rings (SSSR count). The van der Waals surface area contributed by atoms with Gasteiger partial charge in [-0.3, -0.25) is 9.59 Å². The van der Waals surface area contributed by atoms with E-state index in [1.807, 2.05) is 36.4 Å². The van der Waals surface area contributed by atoms with Crippen LogP contribution in [0.1, 0.15) is 5.56 Å². The fourth-order valence-corrected chi connectivity index (χ4v) is 4.05. The quantitative estimate of drug-likeness (QED) is 0.392.